The van der Waals surface area contributed by atoms with Crippen molar-refractivity contribution in [3.8, 4) is 0 Å². The van der Waals surface area contributed by atoms with E-state index in [1.54, 1.807) is 6.07 Å². The Morgan fingerprint density at radius 1 is 0.839 bits per heavy atom. The maximum absolute atomic E-state index is 12.3. The minimum absolute atomic E-state index is 0.128. The minimum atomic E-state index is -4.56. The van der Waals surface area contributed by atoms with Crippen LogP contribution < -0.4 is 10.6 Å². The molecule has 31 heavy (non-hydrogen) atoms. The Bertz CT molecular complexity index is 1580. The highest BCUT2D eigenvalue weighted by molar-refractivity contribution is 7.86. The number of hydrogen-bond acceptors (Lipinski definition) is 9. The van der Waals surface area contributed by atoms with Crippen molar-refractivity contribution in [1.82, 2.24) is 9.97 Å². The van der Waals surface area contributed by atoms with E-state index in [1.165, 1.54) is 0 Å². The summed E-state index contributed by atoms with van der Waals surface area (Å²) in [5.41, 5.74) is 4.98. The molecule has 2 heterocycles. The first-order chi connectivity index (χ1) is 14.6. The van der Waals surface area contributed by atoms with Crippen LogP contribution in [-0.2, 0) is 20.7 Å². The van der Waals surface area contributed by atoms with Crippen LogP contribution in [0.15, 0.2) is 53.4 Å². The SMILES string of the molecule is Cc1ccc2nc3cc4c(c(S(=O)(=O)O)c3nc2c1)Nc1ccccc1N4.O=S(=O)=O. The Morgan fingerprint density at radius 3 is 2.13 bits per heavy atom. The van der Waals surface area contributed by atoms with E-state index in [9.17, 15) is 13.0 Å². The Kier molecular flexibility index (Phi) is 5.05. The fraction of sp³-hybridized carbons (Fsp3) is 0.0526. The number of benzene rings is 3. The summed E-state index contributed by atoms with van der Waals surface area (Å²) in [7, 11) is -7.67. The molecule has 1 aromatic heterocycles. The zero-order valence-corrected chi connectivity index (χ0v) is 17.5. The van der Waals surface area contributed by atoms with Gasteiger partial charge in [0.15, 0.2) is 0 Å². The van der Waals surface area contributed by atoms with Crippen LogP contribution >= 0.6 is 0 Å². The number of rotatable bonds is 1. The van der Waals surface area contributed by atoms with Gasteiger partial charge in [-0.15, -0.1) is 12.6 Å². The van der Waals surface area contributed by atoms with Crippen LogP contribution in [-0.4, -0.2) is 35.6 Å². The number of para-hydroxylation sites is 2. The lowest BCUT2D eigenvalue weighted by Gasteiger charge is -2.25. The van der Waals surface area contributed by atoms with Crippen LogP contribution in [0, 0.1) is 6.92 Å². The average molecular weight is 458 g/mol. The van der Waals surface area contributed by atoms with E-state index in [0.29, 0.717) is 27.9 Å². The van der Waals surface area contributed by atoms with Crippen LogP contribution in [0.1, 0.15) is 5.56 Å². The van der Waals surface area contributed by atoms with Crippen LogP contribution in [0.4, 0.5) is 22.7 Å². The van der Waals surface area contributed by atoms with Gasteiger partial charge in [0.2, 0.25) is 0 Å². The van der Waals surface area contributed by atoms with Gasteiger partial charge in [0.1, 0.15) is 10.4 Å². The molecule has 0 aliphatic carbocycles. The quantitative estimate of drug-likeness (QED) is 0.252. The van der Waals surface area contributed by atoms with Crippen molar-refractivity contribution in [3.63, 3.8) is 0 Å². The van der Waals surface area contributed by atoms with Gasteiger partial charge in [0, 0.05) is 0 Å². The molecule has 3 aromatic carbocycles. The lowest BCUT2D eigenvalue weighted by atomic mass is 10.1. The molecule has 0 amide bonds. The van der Waals surface area contributed by atoms with Crippen molar-refractivity contribution < 1.29 is 25.6 Å². The van der Waals surface area contributed by atoms with Crippen molar-refractivity contribution in [2.75, 3.05) is 10.6 Å². The highest BCUT2D eigenvalue weighted by Crippen LogP contribution is 2.44. The highest BCUT2D eigenvalue weighted by atomic mass is 32.2. The van der Waals surface area contributed by atoms with Crippen molar-refractivity contribution in [2.45, 2.75) is 11.8 Å². The lowest BCUT2D eigenvalue weighted by Crippen LogP contribution is -2.12. The summed E-state index contributed by atoms with van der Waals surface area (Å²) in [5.74, 6) is 0. The molecule has 4 aromatic rings. The van der Waals surface area contributed by atoms with Gasteiger partial charge in [-0.25, -0.2) is 9.97 Å². The molecule has 5 rings (SSSR count). The number of nitrogens with one attached hydrogen (secondary N) is 2. The molecular formula is C19H14N4O6S2. The Morgan fingerprint density at radius 2 is 1.48 bits per heavy atom. The molecule has 0 saturated heterocycles. The summed E-state index contributed by atoms with van der Waals surface area (Å²) in [4.78, 5) is 8.77. The second-order valence-electron chi connectivity index (χ2n) is 6.69. The van der Waals surface area contributed by atoms with Gasteiger partial charge in [0.05, 0.1) is 39.3 Å². The summed E-state index contributed by atoms with van der Waals surface area (Å²) < 4.78 is 59.8. The lowest BCUT2D eigenvalue weighted by molar-refractivity contribution is 0.484. The molecule has 0 bridgehead atoms. The van der Waals surface area contributed by atoms with E-state index in [4.69, 9.17) is 12.6 Å². The molecule has 1 aliphatic heterocycles. The topological polar surface area (TPSA) is 155 Å². The van der Waals surface area contributed by atoms with Gasteiger partial charge in [-0.05, 0) is 42.8 Å². The summed E-state index contributed by atoms with van der Waals surface area (Å²) in [6.45, 7) is 1.92. The van der Waals surface area contributed by atoms with Crippen molar-refractivity contribution in [1.29, 1.82) is 0 Å². The van der Waals surface area contributed by atoms with Crippen molar-refractivity contribution in [2.24, 2.45) is 0 Å². The molecule has 1 aliphatic rings. The standard InChI is InChI=1S/C19H14N4O3S.O3S/c1-10-6-7-13-14(8-10)23-18-16(21-13)9-15-17(19(18)27(24,25)26)22-12-5-3-2-4-11(12)20-15;1-4(2)3/h2-9,20,22H,1H3,(H,24,25,26);. The fourth-order valence-corrected chi connectivity index (χ4v) is 4.16. The average Bonchev–Trinajstić information content (AvgIpc) is 2.67. The van der Waals surface area contributed by atoms with Crippen LogP contribution in [0.3, 0.4) is 0 Å². The van der Waals surface area contributed by atoms with Crippen LogP contribution in [0.25, 0.3) is 22.1 Å². The molecule has 158 valence electrons. The first-order valence-corrected chi connectivity index (χ1v) is 11.2. The molecule has 10 nitrogen and oxygen atoms in total. The van der Waals surface area contributed by atoms with Gasteiger partial charge in [-0.1, -0.05) is 18.2 Å². The Labute approximate surface area is 177 Å². The predicted octanol–water partition coefficient (Wildman–Crippen LogP) is 3.13. The number of aromatic nitrogens is 2. The van der Waals surface area contributed by atoms with Crippen molar-refractivity contribution >= 4 is 65.5 Å². The van der Waals surface area contributed by atoms with Gasteiger partial charge < -0.3 is 10.6 Å². The van der Waals surface area contributed by atoms with Crippen LogP contribution in [0.5, 0.6) is 0 Å². The van der Waals surface area contributed by atoms with E-state index in [1.807, 2.05) is 49.4 Å². The predicted molar refractivity (Wildman–Crippen MR) is 114 cm³/mol. The maximum atomic E-state index is 12.3. The number of hydrogen-bond donors (Lipinski definition) is 3. The monoisotopic (exact) mass is 458 g/mol. The number of anilines is 4. The fourth-order valence-electron chi connectivity index (χ4n) is 3.35. The third-order valence-corrected chi connectivity index (χ3v) is 5.47. The Hall–Kier alpha value is -3.61. The molecular weight excluding hydrogens is 444 g/mol. The van der Waals surface area contributed by atoms with Crippen molar-refractivity contribution in [3.05, 3.63) is 54.1 Å². The van der Waals surface area contributed by atoms with Gasteiger partial charge in [-0.2, -0.15) is 8.42 Å². The molecule has 12 heteroatoms. The molecule has 3 N–H and O–H groups in total. The van der Waals surface area contributed by atoms with Gasteiger partial charge >= 0.3 is 10.6 Å². The molecule has 0 spiro atoms. The molecule has 0 atom stereocenters. The second kappa shape index (κ2) is 7.58. The smallest absolute Gasteiger partial charge is 0.352 e. The number of fused-ring (bicyclic) bond motifs is 4. The third-order valence-electron chi connectivity index (χ3n) is 4.55. The van der Waals surface area contributed by atoms with Gasteiger partial charge in [-0.3, -0.25) is 4.55 Å². The summed E-state index contributed by atoms with van der Waals surface area (Å²) in [5, 5.41) is 6.29. The summed E-state index contributed by atoms with van der Waals surface area (Å²) in [6.07, 6.45) is 0. The summed E-state index contributed by atoms with van der Waals surface area (Å²) in [6, 6.07) is 14.7. The van der Waals surface area contributed by atoms with E-state index in [2.05, 4.69) is 20.6 Å². The van der Waals surface area contributed by atoms with Crippen LogP contribution in [0.2, 0.25) is 0 Å². The first kappa shape index (κ1) is 20.7. The van der Waals surface area contributed by atoms with E-state index in [-0.39, 0.29) is 16.1 Å². The molecule has 0 saturated carbocycles. The third kappa shape index (κ3) is 4.03. The zero-order valence-electron chi connectivity index (χ0n) is 15.8. The van der Waals surface area contributed by atoms with E-state index in [0.717, 1.165) is 11.3 Å². The number of aryl methyl sites for hydroxylation is 1. The minimum Gasteiger partial charge on any atom is -0.352 e. The second-order valence-corrected chi connectivity index (χ2v) is 8.45. The normalized spacial score (nSPS) is 12.1. The molecule has 0 fully saturated rings. The Balaban J connectivity index is 0.000000535. The molecule has 0 radical (unpaired) electrons. The maximum Gasteiger partial charge on any atom is 0.425 e. The first-order valence-electron chi connectivity index (χ1n) is 8.76. The molecule has 0 unspecified atom stereocenters. The van der Waals surface area contributed by atoms with E-state index < -0.39 is 20.7 Å². The van der Waals surface area contributed by atoms with E-state index >= 15 is 0 Å². The number of nitrogens with zero attached hydrogens (tertiary/aromatic N) is 2. The van der Waals surface area contributed by atoms with Gasteiger partial charge in [0.25, 0.3) is 10.1 Å². The summed E-state index contributed by atoms with van der Waals surface area (Å²) >= 11 is 0. The largest absolute Gasteiger partial charge is 0.425 e. The highest BCUT2D eigenvalue weighted by Gasteiger charge is 2.28. The zero-order chi connectivity index (χ0) is 22.3.